The van der Waals surface area contributed by atoms with Crippen LogP contribution in [0.5, 0.6) is 0 Å². The monoisotopic (exact) mass is 332 g/mol. The number of aliphatic hydroxyl groups is 1. The maximum absolute atomic E-state index is 10.7. The van der Waals surface area contributed by atoms with Gasteiger partial charge < -0.3 is 9.84 Å². The van der Waals surface area contributed by atoms with Crippen molar-refractivity contribution >= 4 is 0 Å². The van der Waals surface area contributed by atoms with Crippen LogP contribution in [-0.2, 0) is 4.74 Å². The lowest BCUT2D eigenvalue weighted by Crippen LogP contribution is -2.49. The van der Waals surface area contributed by atoms with E-state index in [-0.39, 0.29) is 0 Å². The molecule has 0 aromatic carbocycles. The highest BCUT2D eigenvalue weighted by atomic mass is 16.5. The zero-order valence-electron chi connectivity index (χ0n) is 16.1. The van der Waals surface area contributed by atoms with Crippen LogP contribution >= 0.6 is 0 Å². The van der Waals surface area contributed by atoms with Crippen LogP contribution < -0.4 is 0 Å². The first-order valence-electron chi connectivity index (χ1n) is 10.3. The van der Waals surface area contributed by atoms with E-state index in [1.807, 2.05) is 0 Å². The van der Waals surface area contributed by atoms with Crippen LogP contribution in [0.3, 0.4) is 0 Å². The predicted octanol–water partition coefficient (Wildman–Crippen LogP) is 5.11. The van der Waals surface area contributed by atoms with Crippen LogP contribution in [0.1, 0.15) is 79.1 Å². The normalized spacial score (nSPS) is 53.8. The first-order valence-corrected chi connectivity index (χ1v) is 10.3. The summed E-state index contributed by atoms with van der Waals surface area (Å²) in [5.41, 5.74) is 2.02. The molecule has 3 fully saturated rings. The van der Waals surface area contributed by atoms with Gasteiger partial charge in [-0.2, -0.15) is 0 Å². The summed E-state index contributed by atoms with van der Waals surface area (Å²) in [6, 6.07) is 0. The average Bonchev–Trinajstić information content (AvgIpc) is 2.76. The molecule has 2 heteroatoms. The number of fused-ring (bicyclic) bond motifs is 5. The van der Waals surface area contributed by atoms with Gasteiger partial charge in [0.05, 0.1) is 11.7 Å². The van der Waals surface area contributed by atoms with Crippen molar-refractivity contribution in [2.45, 2.75) is 90.8 Å². The van der Waals surface area contributed by atoms with Gasteiger partial charge in [-0.15, -0.1) is 0 Å². The van der Waals surface area contributed by atoms with Crippen molar-refractivity contribution in [3.05, 3.63) is 11.6 Å². The number of hydrogen-bond acceptors (Lipinski definition) is 2. The van der Waals surface area contributed by atoms with E-state index in [0.717, 1.165) is 37.7 Å². The summed E-state index contributed by atoms with van der Waals surface area (Å²) in [6.45, 7) is 10.0. The van der Waals surface area contributed by atoms with Gasteiger partial charge in [0.15, 0.2) is 0 Å². The molecular formula is C22H36O2. The van der Waals surface area contributed by atoms with Gasteiger partial charge in [-0.25, -0.2) is 0 Å². The molecule has 0 aliphatic heterocycles. The van der Waals surface area contributed by atoms with Gasteiger partial charge in [0, 0.05) is 6.61 Å². The predicted molar refractivity (Wildman–Crippen MR) is 97.7 cm³/mol. The Labute approximate surface area is 148 Å². The smallest absolute Gasteiger partial charge is 0.0628 e. The van der Waals surface area contributed by atoms with Crippen molar-refractivity contribution in [2.75, 3.05) is 6.61 Å². The topological polar surface area (TPSA) is 29.5 Å². The Hall–Kier alpha value is -0.340. The quantitative estimate of drug-likeness (QED) is 0.712. The molecule has 4 rings (SSSR count). The highest BCUT2D eigenvalue weighted by Gasteiger charge is 2.59. The van der Waals surface area contributed by atoms with E-state index in [2.05, 4.69) is 33.8 Å². The minimum atomic E-state index is -0.439. The molecule has 0 heterocycles. The zero-order valence-corrected chi connectivity index (χ0v) is 16.1. The molecule has 1 N–H and O–H groups in total. The molecule has 4 aliphatic carbocycles. The molecule has 7 atom stereocenters. The summed E-state index contributed by atoms with van der Waals surface area (Å²) in [7, 11) is 0. The third kappa shape index (κ3) is 2.51. The maximum atomic E-state index is 10.7. The van der Waals surface area contributed by atoms with E-state index >= 15 is 0 Å². The summed E-state index contributed by atoms with van der Waals surface area (Å²) in [5.74, 6) is 2.33. The zero-order chi connectivity index (χ0) is 17.2. The van der Waals surface area contributed by atoms with Gasteiger partial charge in [-0.05, 0) is 93.8 Å². The third-order valence-electron chi connectivity index (χ3n) is 8.42. The van der Waals surface area contributed by atoms with Crippen LogP contribution in [0.15, 0.2) is 11.6 Å². The van der Waals surface area contributed by atoms with Crippen molar-refractivity contribution in [2.24, 2.45) is 28.6 Å². The SMILES string of the molecule is CCO[C@H]1CC[C@@]2(C)C(=CC[C@H]3[C@@H]4C[C@](C)(O)C[C@@]4(C)CC[C@@H]32)C1. The summed E-state index contributed by atoms with van der Waals surface area (Å²) < 4.78 is 5.95. The Morgan fingerprint density at radius 1 is 1.17 bits per heavy atom. The summed E-state index contributed by atoms with van der Waals surface area (Å²) in [5, 5.41) is 10.7. The van der Waals surface area contributed by atoms with E-state index in [4.69, 9.17) is 4.74 Å². The molecule has 3 saturated carbocycles. The highest BCUT2D eigenvalue weighted by Crippen LogP contribution is 2.66. The van der Waals surface area contributed by atoms with Gasteiger partial charge in [0.25, 0.3) is 0 Å². The fourth-order valence-electron chi connectivity index (χ4n) is 7.43. The van der Waals surface area contributed by atoms with Crippen molar-refractivity contribution in [1.82, 2.24) is 0 Å². The minimum absolute atomic E-state index is 0.370. The fraction of sp³-hybridized carbons (Fsp3) is 0.909. The van der Waals surface area contributed by atoms with Crippen molar-refractivity contribution < 1.29 is 9.84 Å². The molecule has 0 radical (unpaired) electrons. The van der Waals surface area contributed by atoms with Gasteiger partial charge >= 0.3 is 0 Å². The molecule has 0 amide bonds. The summed E-state index contributed by atoms with van der Waals surface area (Å²) in [4.78, 5) is 0. The average molecular weight is 333 g/mol. The van der Waals surface area contributed by atoms with E-state index in [1.165, 1.54) is 32.1 Å². The Kier molecular flexibility index (Phi) is 3.97. The molecule has 0 spiro atoms. The van der Waals surface area contributed by atoms with Crippen molar-refractivity contribution in [3.8, 4) is 0 Å². The first kappa shape index (κ1) is 17.1. The lowest BCUT2D eigenvalue weighted by atomic mass is 9.48. The molecular weight excluding hydrogens is 296 g/mol. The Balaban J connectivity index is 1.61. The van der Waals surface area contributed by atoms with E-state index in [1.54, 1.807) is 5.57 Å². The molecule has 0 bridgehead atoms. The van der Waals surface area contributed by atoms with E-state index in [0.29, 0.717) is 22.9 Å². The molecule has 0 aromatic rings. The summed E-state index contributed by atoms with van der Waals surface area (Å²) in [6.07, 6.45) is 12.7. The standard InChI is InChI=1S/C22H36O2/c1-5-24-16-8-11-22(4)15(12-16)6-7-17-18(22)9-10-20(2)14-21(3,23)13-19(17)20/h6,16-19,23H,5,7-14H2,1-4H3/t16-,17+,18-,19-,20+,21-,22-/m0/s1. The molecule has 0 aromatic heterocycles. The largest absolute Gasteiger partial charge is 0.390 e. The maximum Gasteiger partial charge on any atom is 0.0628 e. The number of rotatable bonds is 2. The van der Waals surface area contributed by atoms with E-state index < -0.39 is 5.60 Å². The second kappa shape index (κ2) is 5.58. The Morgan fingerprint density at radius 2 is 1.96 bits per heavy atom. The van der Waals surface area contributed by atoms with Crippen LogP contribution in [0.4, 0.5) is 0 Å². The van der Waals surface area contributed by atoms with Crippen LogP contribution in [0.2, 0.25) is 0 Å². The molecule has 136 valence electrons. The Morgan fingerprint density at radius 3 is 2.71 bits per heavy atom. The van der Waals surface area contributed by atoms with E-state index in [9.17, 15) is 5.11 Å². The van der Waals surface area contributed by atoms with Gasteiger partial charge in [0.1, 0.15) is 0 Å². The van der Waals surface area contributed by atoms with Crippen molar-refractivity contribution in [1.29, 1.82) is 0 Å². The Bertz CT molecular complexity index is 536. The van der Waals surface area contributed by atoms with Gasteiger partial charge in [0.2, 0.25) is 0 Å². The van der Waals surface area contributed by atoms with Crippen LogP contribution in [0, 0.1) is 28.6 Å². The molecule has 2 nitrogen and oxygen atoms in total. The number of hydrogen-bond donors (Lipinski definition) is 1. The molecule has 24 heavy (non-hydrogen) atoms. The fourth-order valence-corrected chi connectivity index (χ4v) is 7.43. The van der Waals surface area contributed by atoms with Crippen molar-refractivity contribution in [3.63, 3.8) is 0 Å². The minimum Gasteiger partial charge on any atom is -0.390 e. The van der Waals surface area contributed by atoms with Gasteiger partial charge in [-0.1, -0.05) is 25.5 Å². The number of allylic oxidation sites excluding steroid dienone is 1. The van der Waals surface area contributed by atoms with Gasteiger partial charge in [-0.3, -0.25) is 0 Å². The van der Waals surface area contributed by atoms with Crippen LogP contribution in [-0.4, -0.2) is 23.4 Å². The molecule has 0 unspecified atom stereocenters. The highest BCUT2D eigenvalue weighted by molar-refractivity contribution is 5.25. The summed E-state index contributed by atoms with van der Waals surface area (Å²) >= 11 is 0. The molecule has 0 saturated heterocycles. The second-order valence-electron chi connectivity index (χ2n) is 10.2. The lowest BCUT2D eigenvalue weighted by molar-refractivity contribution is -0.0458. The third-order valence-corrected chi connectivity index (χ3v) is 8.42. The molecule has 4 aliphatic rings. The first-order chi connectivity index (χ1) is 11.3. The second-order valence-corrected chi connectivity index (χ2v) is 10.2. The lowest BCUT2D eigenvalue weighted by Gasteiger charge is -2.57. The van der Waals surface area contributed by atoms with Crippen LogP contribution in [0.25, 0.3) is 0 Å². The number of ether oxygens (including phenoxy) is 1.